The van der Waals surface area contributed by atoms with E-state index in [1.54, 1.807) is 0 Å². The van der Waals surface area contributed by atoms with Gasteiger partial charge in [-0.05, 0) is 91.8 Å². The molecule has 8 aromatic rings. The molecule has 3 heterocycles. The summed E-state index contributed by atoms with van der Waals surface area (Å²) in [5.74, 6) is 2.07. The molecule has 5 nitrogen and oxygen atoms in total. The van der Waals surface area contributed by atoms with Gasteiger partial charge in [0.1, 0.15) is 5.82 Å². The van der Waals surface area contributed by atoms with Crippen LogP contribution in [0.25, 0.3) is 27.6 Å². The van der Waals surface area contributed by atoms with Gasteiger partial charge < -0.3 is 19.1 Å². The van der Waals surface area contributed by atoms with E-state index in [1.165, 1.54) is 22.3 Å². The average Bonchev–Trinajstić information content (AvgIpc) is 3.79. The van der Waals surface area contributed by atoms with E-state index >= 15 is 0 Å². The number of ether oxygens (including phenoxy) is 1. The van der Waals surface area contributed by atoms with Crippen LogP contribution in [0, 0.1) is 18.8 Å². The molecular formula is C57H57N4OPt-3. The van der Waals surface area contributed by atoms with Crippen LogP contribution in [0.3, 0.4) is 0 Å². The number of pyridine rings is 1. The standard InChI is InChI=1S/C57H57N4O.Pt/c1-54(2,3)39-27-28-58-53(34-39)61-49-22-16-15-21-47(49)48-26-25-45(36-52(48)61)62-46-33-42(57(10,11)38-19-13-12-14-20-38)32-44(35-46)60-37-59(50-23-17-18-24-51(50)60)43-30-40(55(4,5)6)29-41(31-43)56(7,8)9;/h12-34,37H,1-11H3;/q-3;. The van der Waals surface area contributed by atoms with E-state index in [4.69, 9.17) is 9.72 Å². The Labute approximate surface area is 389 Å². The molecule has 0 aliphatic carbocycles. The minimum absolute atomic E-state index is 0. The maximum Gasteiger partial charge on any atom is 0.135 e. The molecule has 0 saturated carbocycles. The first-order chi connectivity index (χ1) is 29.4. The van der Waals surface area contributed by atoms with Gasteiger partial charge in [0.2, 0.25) is 0 Å². The molecule has 9 rings (SSSR count). The van der Waals surface area contributed by atoms with Crippen molar-refractivity contribution in [3.05, 3.63) is 186 Å². The first-order valence-electron chi connectivity index (χ1n) is 21.8. The molecule has 0 atom stereocenters. The van der Waals surface area contributed by atoms with Crippen LogP contribution in [0.15, 0.2) is 140 Å². The van der Waals surface area contributed by atoms with Gasteiger partial charge in [0, 0.05) is 61.3 Å². The van der Waals surface area contributed by atoms with Crippen LogP contribution in [0.2, 0.25) is 0 Å². The van der Waals surface area contributed by atoms with Crippen molar-refractivity contribution in [2.24, 2.45) is 0 Å². The summed E-state index contributed by atoms with van der Waals surface area (Å²) < 4.78 is 9.14. The molecule has 1 aliphatic heterocycles. The van der Waals surface area contributed by atoms with Gasteiger partial charge in [-0.3, -0.25) is 0 Å². The van der Waals surface area contributed by atoms with Crippen LogP contribution in [0.5, 0.6) is 11.5 Å². The van der Waals surface area contributed by atoms with Crippen molar-refractivity contribution < 1.29 is 25.8 Å². The number of hydrogen-bond donors (Lipinski definition) is 0. The summed E-state index contributed by atoms with van der Waals surface area (Å²) in [4.78, 5) is 9.48. The van der Waals surface area contributed by atoms with Crippen LogP contribution >= 0.6 is 0 Å². The molecule has 0 saturated heterocycles. The fourth-order valence-electron chi connectivity index (χ4n) is 8.52. The number of nitrogens with zero attached hydrogens (tertiary/aromatic N) is 4. The number of para-hydroxylation sites is 3. The average molecular weight is 1010 g/mol. The number of benzene rings is 6. The summed E-state index contributed by atoms with van der Waals surface area (Å²) in [5, 5.41) is 2.23. The molecule has 324 valence electrons. The van der Waals surface area contributed by atoms with Gasteiger partial charge in [-0.1, -0.05) is 148 Å². The summed E-state index contributed by atoms with van der Waals surface area (Å²) in [7, 11) is 0. The molecule has 2 aromatic heterocycles. The van der Waals surface area contributed by atoms with Crippen molar-refractivity contribution in [1.29, 1.82) is 0 Å². The third kappa shape index (κ3) is 8.33. The van der Waals surface area contributed by atoms with E-state index in [1.807, 2.05) is 12.3 Å². The summed E-state index contributed by atoms with van der Waals surface area (Å²) in [6.45, 7) is 27.2. The fourth-order valence-corrected chi connectivity index (χ4v) is 8.52. The normalized spacial score (nSPS) is 13.4. The topological polar surface area (TPSA) is 33.5 Å². The molecule has 0 fully saturated rings. The maximum absolute atomic E-state index is 6.93. The minimum atomic E-state index is -0.353. The summed E-state index contributed by atoms with van der Waals surface area (Å²) in [6.07, 6.45) is 1.91. The number of rotatable bonds is 7. The largest absolute Gasteiger partial charge is 0.509 e. The molecule has 0 N–H and O–H groups in total. The number of aromatic nitrogens is 2. The third-order valence-electron chi connectivity index (χ3n) is 12.5. The predicted octanol–water partition coefficient (Wildman–Crippen LogP) is 15.2. The first-order valence-corrected chi connectivity index (χ1v) is 21.8. The van der Waals surface area contributed by atoms with Crippen LogP contribution in [0.1, 0.15) is 104 Å². The number of anilines is 4. The smallest absolute Gasteiger partial charge is 0.135 e. The Morgan fingerprint density at radius 2 is 1.13 bits per heavy atom. The van der Waals surface area contributed by atoms with E-state index in [2.05, 4.69) is 237 Å². The van der Waals surface area contributed by atoms with Crippen molar-refractivity contribution >= 4 is 44.6 Å². The molecule has 1 aliphatic rings. The van der Waals surface area contributed by atoms with Gasteiger partial charge in [-0.2, -0.15) is 6.07 Å². The van der Waals surface area contributed by atoms with E-state index in [-0.39, 0.29) is 42.7 Å². The first kappa shape index (κ1) is 44.0. The van der Waals surface area contributed by atoms with E-state index in [9.17, 15) is 0 Å². The zero-order chi connectivity index (χ0) is 43.8. The van der Waals surface area contributed by atoms with Crippen molar-refractivity contribution in [2.45, 2.75) is 97.8 Å². The monoisotopic (exact) mass is 1010 g/mol. The molecule has 63 heavy (non-hydrogen) atoms. The Morgan fingerprint density at radius 3 is 1.79 bits per heavy atom. The number of fused-ring (bicyclic) bond motifs is 4. The molecule has 6 aromatic carbocycles. The molecule has 0 unspecified atom stereocenters. The Morgan fingerprint density at radius 1 is 0.508 bits per heavy atom. The van der Waals surface area contributed by atoms with Crippen molar-refractivity contribution in [1.82, 2.24) is 9.55 Å². The summed E-state index contributed by atoms with van der Waals surface area (Å²) in [6, 6.07) is 55.2. The molecule has 0 spiro atoms. The summed E-state index contributed by atoms with van der Waals surface area (Å²) >= 11 is 0. The molecule has 6 heteroatoms. The second-order valence-electron chi connectivity index (χ2n) is 20.4. The molecule has 0 amide bonds. The van der Waals surface area contributed by atoms with Gasteiger partial charge in [-0.15, -0.1) is 53.6 Å². The van der Waals surface area contributed by atoms with Gasteiger partial charge in [0.15, 0.2) is 0 Å². The van der Waals surface area contributed by atoms with Crippen molar-refractivity contribution in [3.63, 3.8) is 0 Å². The quantitative estimate of drug-likeness (QED) is 0.149. The van der Waals surface area contributed by atoms with E-state index in [0.29, 0.717) is 11.5 Å². The maximum atomic E-state index is 6.93. The van der Waals surface area contributed by atoms with Gasteiger partial charge in [-0.25, -0.2) is 4.98 Å². The Kier molecular flexibility index (Phi) is 11.3. The SMILES string of the molecule is CC(C)(C)c1cc(N2[CH-]N(c3[c-]c(Oc4[c-]c5c(cc4)c4ccccc4n5-c4cc(C(C)(C)C)ccn4)cc(C(C)(C)c4ccccc4)c3)c3ccccc32)cc(C(C)(C)C)c1.[Pt]. The van der Waals surface area contributed by atoms with Gasteiger partial charge in [0.05, 0.1) is 0 Å². The predicted molar refractivity (Wildman–Crippen MR) is 259 cm³/mol. The Bertz CT molecular complexity index is 2930. The fraction of sp³-hybridized carbons (Fsp3) is 0.263. The van der Waals surface area contributed by atoms with E-state index in [0.717, 1.165) is 55.9 Å². The van der Waals surface area contributed by atoms with Crippen molar-refractivity contribution in [2.75, 3.05) is 9.80 Å². The van der Waals surface area contributed by atoms with Gasteiger partial charge >= 0.3 is 0 Å². The summed E-state index contributed by atoms with van der Waals surface area (Å²) in [5.41, 5.74) is 11.9. The Hall–Kier alpha value is -5.64. The Balaban J connectivity index is 0.00000544. The van der Waals surface area contributed by atoms with Crippen LogP contribution in [-0.4, -0.2) is 9.55 Å². The third-order valence-corrected chi connectivity index (χ3v) is 12.5. The number of hydrogen-bond acceptors (Lipinski definition) is 4. The second-order valence-corrected chi connectivity index (χ2v) is 20.4. The minimum Gasteiger partial charge on any atom is -0.509 e. The zero-order valence-electron chi connectivity index (χ0n) is 38.4. The van der Waals surface area contributed by atoms with Gasteiger partial charge in [0.25, 0.3) is 0 Å². The molecule has 0 radical (unpaired) electrons. The second kappa shape index (κ2) is 16.2. The zero-order valence-corrected chi connectivity index (χ0v) is 40.6. The van der Waals surface area contributed by atoms with Crippen LogP contribution < -0.4 is 14.5 Å². The van der Waals surface area contributed by atoms with Crippen molar-refractivity contribution in [3.8, 4) is 17.3 Å². The molecular weight excluding hydrogens is 952 g/mol. The van der Waals surface area contributed by atoms with E-state index < -0.39 is 0 Å². The molecule has 0 bridgehead atoms. The van der Waals surface area contributed by atoms with Crippen LogP contribution in [-0.2, 0) is 42.7 Å². The van der Waals surface area contributed by atoms with Crippen LogP contribution in [0.4, 0.5) is 22.7 Å².